The molecule has 0 saturated heterocycles. The van der Waals surface area contributed by atoms with Crippen LogP contribution in [0.5, 0.6) is 0 Å². The quantitative estimate of drug-likeness (QED) is 0.584. The number of nitriles is 1. The van der Waals surface area contributed by atoms with Crippen molar-refractivity contribution in [3.05, 3.63) is 75.9 Å². The molecule has 0 heterocycles. The zero-order valence-electron chi connectivity index (χ0n) is 16.3. The predicted molar refractivity (Wildman–Crippen MR) is 108 cm³/mol. The molecule has 28 heavy (non-hydrogen) atoms. The maximum Gasteiger partial charge on any atom is 0.141 e. The van der Waals surface area contributed by atoms with Gasteiger partial charge in [0.05, 0.1) is 5.56 Å². The van der Waals surface area contributed by atoms with E-state index in [0.29, 0.717) is 24.3 Å². The fraction of sp³-hybridized carbons (Fsp3) is 0.400. The zero-order valence-corrected chi connectivity index (χ0v) is 16.3. The summed E-state index contributed by atoms with van der Waals surface area (Å²) in [5.41, 5.74) is 4.49. The average Bonchev–Trinajstić information content (AvgIpc) is 2.73. The molecule has 4 rings (SSSR count). The molecule has 0 radical (unpaired) electrons. The van der Waals surface area contributed by atoms with Gasteiger partial charge in [0.1, 0.15) is 17.7 Å². The minimum absolute atomic E-state index is 0.0731. The van der Waals surface area contributed by atoms with Crippen LogP contribution in [-0.4, -0.2) is 0 Å². The summed E-state index contributed by atoms with van der Waals surface area (Å²) in [5.74, 6) is 0.612. The largest absolute Gasteiger partial charge is 0.206 e. The Morgan fingerprint density at radius 1 is 1.00 bits per heavy atom. The van der Waals surface area contributed by atoms with Crippen molar-refractivity contribution in [3.63, 3.8) is 0 Å². The van der Waals surface area contributed by atoms with E-state index >= 15 is 0 Å². The van der Waals surface area contributed by atoms with Gasteiger partial charge < -0.3 is 0 Å². The van der Waals surface area contributed by atoms with Crippen LogP contribution in [0.15, 0.2) is 36.4 Å². The lowest BCUT2D eigenvalue weighted by Gasteiger charge is -2.28. The minimum atomic E-state index is -0.499. The molecule has 1 fully saturated rings. The molecule has 144 valence electrons. The van der Waals surface area contributed by atoms with Gasteiger partial charge in [-0.15, -0.1) is 0 Å². The molecular weight excluding hydrogens is 352 g/mol. The smallest absolute Gasteiger partial charge is 0.141 e. The fourth-order valence-corrected chi connectivity index (χ4v) is 4.76. The first-order valence-electron chi connectivity index (χ1n) is 10.3. The van der Waals surface area contributed by atoms with Crippen molar-refractivity contribution in [1.82, 2.24) is 0 Å². The molecule has 3 heteroatoms. The van der Waals surface area contributed by atoms with Crippen LogP contribution in [0.4, 0.5) is 8.78 Å². The van der Waals surface area contributed by atoms with Crippen molar-refractivity contribution in [1.29, 1.82) is 5.26 Å². The van der Waals surface area contributed by atoms with Crippen LogP contribution in [-0.2, 0) is 12.8 Å². The highest BCUT2D eigenvalue weighted by Crippen LogP contribution is 2.38. The van der Waals surface area contributed by atoms with E-state index in [1.807, 2.05) is 18.2 Å². The summed E-state index contributed by atoms with van der Waals surface area (Å²) < 4.78 is 28.9. The third-order valence-electron chi connectivity index (χ3n) is 6.59. The second kappa shape index (κ2) is 7.87. The fourth-order valence-electron chi connectivity index (χ4n) is 4.76. The highest BCUT2D eigenvalue weighted by molar-refractivity contribution is 5.71. The summed E-state index contributed by atoms with van der Waals surface area (Å²) in [6.07, 6.45) is 9.11. The van der Waals surface area contributed by atoms with E-state index < -0.39 is 5.82 Å². The Hall–Kier alpha value is -2.47. The van der Waals surface area contributed by atoms with Gasteiger partial charge in [0, 0.05) is 5.56 Å². The van der Waals surface area contributed by atoms with Gasteiger partial charge in [-0.05, 0) is 90.8 Å². The van der Waals surface area contributed by atoms with E-state index in [2.05, 4.69) is 13.0 Å². The van der Waals surface area contributed by atoms with Gasteiger partial charge in [-0.2, -0.15) is 5.26 Å². The molecule has 0 unspecified atom stereocenters. The monoisotopic (exact) mass is 377 g/mol. The molecule has 2 aromatic rings. The van der Waals surface area contributed by atoms with Gasteiger partial charge in [-0.25, -0.2) is 8.78 Å². The van der Waals surface area contributed by atoms with Crippen molar-refractivity contribution in [2.24, 2.45) is 5.92 Å². The Bertz CT molecular complexity index is 959. The summed E-state index contributed by atoms with van der Waals surface area (Å²) in [7, 11) is 0. The SMILES string of the molecule is CCC1CCC(c2ccc(C3=CCc4cc(C#N)c(F)cc4C3)c(F)c2)CC1. The number of benzene rings is 2. The number of hydrogen-bond acceptors (Lipinski definition) is 1. The lowest BCUT2D eigenvalue weighted by Crippen LogP contribution is -2.13. The lowest BCUT2D eigenvalue weighted by molar-refractivity contribution is 0.318. The molecule has 0 bridgehead atoms. The second-order valence-corrected chi connectivity index (χ2v) is 8.19. The van der Waals surface area contributed by atoms with Gasteiger partial charge in [-0.1, -0.05) is 31.6 Å². The highest BCUT2D eigenvalue weighted by atomic mass is 19.1. The molecule has 0 atom stereocenters. The van der Waals surface area contributed by atoms with Crippen LogP contribution in [0, 0.1) is 28.9 Å². The second-order valence-electron chi connectivity index (χ2n) is 8.19. The summed E-state index contributed by atoms with van der Waals surface area (Å²) in [6, 6.07) is 10.6. The van der Waals surface area contributed by atoms with Crippen LogP contribution < -0.4 is 0 Å². The van der Waals surface area contributed by atoms with E-state index in [1.54, 1.807) is 12.1 Å². The molecule has 2 aliphatic rings. The van der Waals surface area contributed by atoms with Crippen molar-refractivity contribution < 1.29 is 8.78 Å². The topological polar surface area (TPSA) is 23.8 Å². The molecule has 0 spiro atoms. The molecule has 0 amide bonds. The summed E-state index contributed by atoms with van der Waals surface area (Å²) in [4.78, 5) is 0. The van der Waals surface area contributed by atoms with Gasteiger partial charge in [0.2, 0.25) is 0 Å². The average molecular weight is 377 g/mol. The number of allylic oxidation sites excluding steroid dienone is 2. The van der Waals surface area contributed by atoms with Gasteiger partial charge in [-0.3, -0.25) is 0 Å². The molecule has 2 aliphatic carbocycles. The number of nitrogens with zero attached hydrogens (tertiary/aromatic N) is 1. The maximum atomic E-state index is 14.9. The van der Waals surface area contributed by atoms with Gasteiger partial charge in [0.25, 0.3) is 0 Å². The standard InChI is InChI=1S/C25H25F2N/c1-2-16-3-5-17(6-4-16)19-9-10-23(25(27)13-19)20-8-7-18-11-22(15-28)24(26)14-21(18)12-20/h8-11,13-14,16-17H,2-7,12H2,1H3. The molecule has 1 nitrogen and oxygen atoms in total. The molecule has 2 aromatic carbocycles. The summed E-state index contributed by atoms with van der Waals surface area (Å²) in [6.45, 7) is 2.25. The first-order valence-corrected chi connectivity index (χ1v) is 10.3. The Morgan fingerprint density at radius 3 is 2.46 bits per heavy atom. The van der Waals surface area contributed by atoms with Crippen molar-refractivity contribution in [3.8, 4) is 6.07 Å². The number of halogens is 2. The first kappa shape index (κ1) is 18.9. The van der Waals surface area contributed by atoms with Crippen molar-refractivity contribution >= 4 is 5.57 Å². The Kier molecular flexibility index (Phi) is 5.31. The molecule has 0 N–H and O–H groups in total. The number of hydrogen-bond donors (Lipinski definition) is 0. The molecule has 1 saturated carbocycles. The van der Waals surface area contributed by atoms with Crippen LogP contribution >= 0.6 is 0 Å². The van der Waals surface area contributed by atoms with E-state index in [4.69, 9.17) is 5.26 Å². The first-order chi connectivity index (χ1) is 13.6. The Morgan fingerprint density at radius 2 is 1.79 bits per heavy atom. The molecular formula is C25H25F2N. The minimum Gasteiger partial charge on any atom is -0.206 e. The maximum absolute atomic E-state index is 14.9. The van der Waals surface area contributed by atoms with Crippen LogP contribution in [0.3, 0.4) is 0 Å². The third kappa shape index (κ3) is 3.61. The highest BCUT2D eigenvalue weighted by Gasteiger charge is 2.23. The van der Waals surface area contributed by atoms with Crippen LogP contribution in [0.1, 0.15) is 72.8 Å². The van der Waals surface area contributed by atoms with Gasteiger partial charge in [0.15, 0.2) is 0 Å². The predicted octanol–water partition coefficient (Wildman–Crippen LogP) is 6.70. The summed E-state index contributed by atoms with van der Waals surface area (Å²) in [5, 5.41) is 8.99. The van der Waals surface area contributed by atoms with Crippen LogP contribution in [0.25, 0.3) is 5.57 Å². The van der Waals surface area contributed by atoms with E-state index in [9.17, 15) is 8.78 Å². The molecule has 0 aromatic heterocycles. The normalized spacial score (nSPS) is 21.6. The van der Waals surface area contributed by atoms with E-state index in [-0.39, 0.29) is 11.4 Å². The van der Waals surface area contributed by atoms with Crippen molar-refractivity contribution in [2.45, 2.75) is 57.8 Å². The van der Waals surface area contributed by atoms with Crippen molar-refractivity contribution in [2.75, 3.05) is 0 Å². The van der Waals surface area contributed by atoms with E-state index in [0.717, 1.165) is 41.0 Å². The lowest BCUT2D eigenvalue weighted by atomic mass is 9.77. The third-order valence-corrected chi connectivity index (χ3v) is 6.59. The zero-order chi connectivity index (χ0) is 19.7. The Balaban J connectivity index is 1.54. The Labute approximate surface area is 165 Å². The number of fused-ring (bicyclic) bond motifs is 1. The van der Waals surface area contributed by atoms with Crippen LogP contribution in [0.2, 0.25) is 0 Å². The van der Waals surface area contributed by atoms with E-state index in [1.165, 1.54) is 25.3 Å². The molecule has 0 aliphatic heterocycles. The summed E-state index contributed by atoms with van der Waals surface area (Å²) >= 11 is 0. The number of rotatable bonds is 3. The van der Waals surface area contributed by atoms with Gasteiger partial charge >= 0.3 is 0 Å².